The van der Waals surface area contributed by atoms with Gasteiger partial charge in [0.15, 0.2) is 24.6 Å². The van der Waals surface area contributed by atoms with Gasteiger partial charge in [-0.3, -0.25) is 14.4 Å². The minimum atomic E-state index is -1.94. The molecule has 1 saturated heterocycles. The third-order valence-corrected chi connectivity index (χ3v) is 12.5. The first-order chi connectivity index (χ1) is 37.6. The molecule has 0 amide bonds. The molecule has 12 heteroatoms. The summed E-state index contributed by atoms with van der Waals surface area (Å²) < 4.78 is 28.3. The maximum Gasteiger partial charge on any atom is 0.335 e. The third-order valence-electron chi connectivity index (χ3n) is 12.5. The molecule has 1 rings (SSSR count). The van der Waals surface area contributed by atoms with Crippen LogP contribution in [0, 0.1) is 0 Å². The summed E-state index contributed by atoms with van der Waals surface area (Å²) in [7, 11) is 0. The Kier molecular flexibility index (Phi) is 47.2. The lowest BCUT2D eigenvalue weighted by molar-refractivity contribution is -0.301. The Labute approximate surface area is 465 Å². The van der Waals surface area contributed by atoms with Crippen LogP contribution in [0.4, 0.5) is 0 Å². The van der Waals surface area contributed by atoms with Gasteiger partial charge in [-0.15, -0.1) is 0 Å². The molecule has 6 atom stereocenters. The number of hydrogen-bond acceptors (Lipinski definition) is 11. The van der Waals surface area contributed by atoms with Gasteiger partial charge in [-0.2, -0.15) is 0 Å². The quantitative estimate of drug-likeness (QED) is 0.0228. The lowest BCUT2D eigenvalue weighted by atomic mass is 9.98. The van der Waals surface area contributed by atoms with E-state index >= 15 is 0 Å². The fraction of sp³-hybridized carbons (Fsp3) is 0.631. The smallest absolute Gasteiger partial charge is 0.335 e. The van der Waals surface area contributed by atoms with Gasteiger partial charge in [0.05, 0.1) is 13.0 Å². The van der Waals surface area contributed by atoms with E-state index in [1.54, 1.807) is 12.2 Å². The van der Waals surface area contributed by atoms with Gasteiger partial charge in [0, 0.05) is 12.8 Å². The highest BCUT2D eigenvalue weighted by Crippen LogP contribution is 2.26. The van der Waals surface area contributed by atoms with E-state index in [1.807, 2.05) is 12.2 Å². The van der Waals surface area contributed by atoms with Crippen LogP contribution in [-0.4, -0.2) is 89.2 Å². The average Bonchev–Trinajstić information content (AvgIpc) is 3.43. The van der Waals surface area contributed by atoms with Gasteiger partial charge in [0.2, 0.25) is 0 Å². The molecule has 0 radical (unpaired) electrons. The zero-order chi connectivity index (χ0) is 56.1. The van der Waals surface area contributed by atoms with Crippen LogP contribution in [0.5, 0.6) is 0 Å². The van der Waals surface area contributed by atoms with E-state index in [4.69, 9.17) is 23.7 Å². The molecule has 0 saturated carbocycles. The van der Waals surface area contributed by atoms with E-state index in [0.717, 1.165) is 128 Å². The highest BCUT2D eigenvalue weighted by Gasteiger charge is 2.50. The number of aliphatic hydroxyl groups is 2. The Morgan fingerprint density at radius 1 is 0.455 bits per heavy atom. The predicted octanol–water partition coefficient (Wildman–Crippen LogP) is 15.2. The van der Waals surface area contributed by atoms with Crippen LogP contribution in [-0.2, 0) is 42.9 Å². The number of ether oxygens (including phenoxy) is 5. The van der Waals surface area contributed by atoms with Crippen molar-refractivity contribution in [3.05, 3.63) is 122 Å². The largest absolute Gasteiger partial charge is 0.479 e. The molecule has 0 aliphatic carbocycles. The summed E-state index contributed by atoms with van der Waals surface area (Å²) >= 11 is 0. The molecule has 77 heavy (non-hydrogen) atoms. The molecule has 0 aromatic rings. The summed E-state index contributed by atoms with van der Waals surface area (Å²) in [6.07, 6.45) is 59.0. The Morgan fingerprint density at radius 3 is 1.31 bits per heavy atom. The second kappa shape index (κ2) is 51.9. The molecule has 434 valence electrons. The number of carboxylic acid groups (broad SMARTS) is 1. The van der Waals surface area contributed by atoms with E-state index in [9.17, 15) is 34.5 Å². The third kappa shape index (κ3) is 41.8. The van der Waals surface area contributed by atoms with Crippen molar-refractivity contribution in [2.75, 3.05) is 13.2 Å². The van der Waals surface area contributed by atoms with E-state index in [-0.39, 0.29) is 25.9 Å². The van der Waals surface area contributed by atoms with Crippen molar-refractivity contribution >= 4 is 23.9 Å². The first kappa shape index (κ1) is 70.1. The molecule has 1 heterocycles. The molecule has 1 fully saturated rings. The summed E-state index contributed by atoms with van der Waals surface area (Å²) in [4.78, 5) is 51.1. The van der Waals surface area contributed by atoms with Crippen LogP contribution in [0.3, 0.4) is 0 Å². The molecule has 0 aromatic heterocycles. The van der Waals surface area contributed by atoms with Crippen molar-refractivity contribution in [1.82, 2.24) is 0 Å². The van der Waals surface area contributed by atoms with Crippen molar-refractivity contribution in [3.63, 3.8) is 0 Å². The van der Waals surface area contributed by atoms with Gasteiger partial charge >= 0.3 is 23.9 Å². The number of allylic oxidation sites excluding steroid dienone is 19. The van der Waals surface area contributed by atoms with Crippen molar-refractivity contribution in [1.29, 1.82) is 0 Å². The SMILES string of the molecule is CC/C=C\C/C=C\C/C=C\C/C=C\C/C=C\CC(=O)OC1C(OCC(COC(=O)CCCCCCCCC/C=C\C/C=C\C/C=C\CC)OC(=O)CCCCCCC/C=C\C/C=C\CCCCC)OC(C(=O)O)C(O)C1O. The lowest BCUT2D eigenvalue weighted by Crippen LogP contribution is -2.61. The second-order valence-electron chi connectivity index (χ2n) is 19.5. The number of esters is 3. The highest BCUT2D eigenvalue weighted by molar-refractivity contribution is 5.74. The average molecular weight is 1080 g/mol. The maximum atomic E-state index is 13.1. The zero-order valence-electron chi connectivity index (χ0n) is 47.7. The Hall–Kier alpha value is -4.88. The van der Waals surface area contributed by atoms with Gasteiger partial charge < -0.3 is 39.0 Å². The number of carboxylic acids is 1. The normalized spacial score (nSPS) is 18.9. The molecule has 0 spiro atoms. The van der Waals surface area contributed by atoms with Gasteiger partial charge in [0.25, 0.3) is 0 Å². The molecule has 1 aliphatic rings. The number of carbonyl (C=O) groups is 4. The van der Waals surface area contributed by atoms with Crippen LogP contribution in [0.1, 0.15) is 213 Å². The minimum Gasteiger partial charge on any atom is -0.479 e. The molecular formula is C65H102O12. The summed E-state index contributed by atoms with van der Waals surface area (Å²) in [6.45, 7) is 5.67. The monoisotopic (exact) mass is 1070 g/mol. The summed E-state index contributed by atoms with van der Waals surface area (Å²) in [6, 6.07) is 0. The molecule has 0 bridgehead atoms. The molecule has 1 aliphatic heterocycles. The minimum absolute atomic E-state index is 0.128. The zero-order valence-corrected chi connectivity index (χ0v) is 47.7. The van der Waals surface area contributed by atoms with Crippen molar-refractivity contribution in [2.45, 2.75) is 250 Å². The Morgan fingerprint density at radius 2 is 0.857 bits per heavy atom. The highest BCUT2D eigenvalue weighted by atomic mass is 16.7. The van der Waals surface area contributed by atoms with Gasteiger partial charge in [-0.1, -0.05) is 206 Å². The van der Waals surface area contributed by atoms with E-state index < -0.39 is 67.3 Å². The molecule has 12 nitrogen and oxygen atoms in total. The maximum absolute atomic E-state index is 13.1. The predicted molar refractivity (Wildman–Crippen MR) is 312 cm³/mol. The fourth-order valence-electron chi connectivity index (χ4n) is 8.07. The molecular weight excluding hydrogens is 973 g/mol. The first-order valence-electron chi connectivity index (χ1n) is 29.5. The number of carbonyl (C=O) groups excluding carboxylic acids is 3. The molecule has 6 unspecified atom stereocenters. The van der Waals surface area contributed by atoms with Crippen molar-refractivity contribution in [2.24, 2.45) is 0 Å². The number of rotatable bonds is 48. The van der Waals surface area contributed by atoms with Crippen LogP contribution in [0.2, 0.25) is 0 Å². The van der Waals surface area contributed by atoms with Crippen LogP contribution < -0.4 is 0 Å². The fourth-order valence-corrected chi connectivity index (χ4v) is 8.07. The summed E-state index contributed by atoms with van der Waals surface area (Å²) in [5, 5.41) is 31.4. The number of hydrogen-bond donors (Lipinski definition) is 3. The summed E-state index contributed by atoms with van der Waals surface area (Å²) in [5.41, 5.74) is 0. The number of aliphatic carboxylic acids is 1. The number of aliphatic hydroxyl groups excluding tert-OH is 2. The van der Waals surface area contributed by atoms with Crippen molar-refractivity contribution in [3.8, 4) is 0 Å². The topological polar surface area (TPSA) is 175 Å². The number of unbranched alkanes of at least 4 members (excludes halogenated alkanes) is 15. The first-order valence-corrected chi connectivity index (χ1v) is 29.5. The molecule has 3 N–H and O–H groups in total. The van der Waals surface area contributed by atoms with Crippen LogP contribution >= 0.6 is 0 Å². The summed E-state index contributed by atoms with van der Waals surface area (Å²) in [5.74, 6) is -3.33. The van der Waals surface area contributed by atoms with Crippen LogP contribution in [0.25, 0.3) is 0 Å². The van der Waals surface area contributed by atoms with Gasteiger partial charge in [0.1, 0.15) is 18.8 Å². The van der Waals surface area contributed by atoms with E-state index in [1.165, 1.54) is 25.7 Å². The second-order valence-corrected chi connectivity index (χ2v) is 19.5. The lowest BCUT2D eigenvalue weighted by Gasteiger charge is -2.40. The van der Waals surface area contributed by atoms with Crippen molar-refractivity contribution < 1.29 is 58.2 Å². The standard InChI is InChI=1S/C65H102O12/c1-4-7-10-13-16-19-22-25-28-29-32-33-36-39-42-45-48-51-57(66)73-54-56(75-58(67)52-49-46-43-40-37-34-30-26-23-20-17-14-11-8-5-2)55-74-65-63(61(70)60(69)62(77-65)64(71)72)76-59(68)53-50-47-44-41-38-35-31-27-24-21-18-15-12-9-6-3/h7,9-10,12,16-21,25-28,30-31,38,41,47,50,56,60-63,65,69-70H,4-6,8,11,13-15,22-24,29,32-37,39-40,42-46,48-49,51-55H2,1-3H3,(H,71,72)/b10-7-,12-9-,19-16-,20-17-,21-18-,28-25-,30-26-,31-27-,41-38-,50-47-. The van der Waals surface area contributed by atoms with Crippen LogP contribution in [0.15, 0.2) is 122 Å². The van der Waals surface area contributed by atoms with Gasteiger partial charge in [-0.05, 0) is 109 Å². The van der Waals surface area contributed by atoms with Gasteiger partial charge in [-0.25, -0.2) is 4.79 Å². The Bertz CT molecular complexity index is 1800. The van der Waals surface area contributed by atoms with E-state index in [2.05, 4.69) is 118 Å². The Balaban J connectivity index is 2.76. The molecule has 0 aromatic carbocycles. The van der Waals surface area contributed by atoms with E-state index in [0.29, 0.717) is 19.3 Å².